The molecule has 0 fully saturated rings. The van der Waals surface area contributed by atoms with Gasteiger partial charge < -0.3 is 15.2 Å². The van der Waals surface area contributed by atoms with Crippen LogP contribution in [0.4, 0.5) is 4.39 Å². The van der Waals surface area contributed by atoms with Gasteiger partial charge in [-0.15, -0.1) is 0 Å². The summed E-state index contributed by atoms with van der Waals surface area (Å²) < 4.78 is 17.4. The Balaban J connectivity index is 2.82. The van der Waals surface area contributed by atoms with Crippen molar-refractivity contribution in [2.75, 3.05) is 13.8 Å². The summed E-state index contributed by atoms with van der Waals surface area (Å²) in [5.74, 6) is 3.35. The molecule has 0 heterocycles. The number of carbonyl (C=O) groups excluding carboxylic acids is 2. The average molecular weight is 362 g/mol. The lowest BCUT2D eigenvalue weighted by molar-refractivity contribution is -0.133. The number of amides is 1. The summed E-state index contributed by atoms with van der Waals surface area (Å²) in [7, 11) is 1.22. The molecule has 0 spiro atoms. The molecule has 0 radical (unpaired) electrons. The molecule has 5 nitrogen and oxygen atoms in total. The molecule has 1 aromatic carbocycles. The van der Waals surface area contributed by atoms with Crippen molar-refractivity contribution in [3.63, 3.8) is 0 Å². The zero-order chi connectivity index (χ0) is 17.4. The normalized spacial score (nSPS) is 12.8. The van der Waals surface area contributed by atoms with Crippen LogP contribution in [0.25, 0.3) is 0 Å². The zero-order valence-corrected chi connectivity index (χ0v) is 13.6. The van der Waals surface area contributed by atoms with E-state index in [2.05, 4.69) is 21.9 Å². The lowest BCUT2D eigenvalue weighted by Crippen LogP contribution is -2.43. The number of aliphatic hydroxyl groups is 1. The zero-order valence-electron chi connectivity index (χ0n) is 12.1. The van der Waals surface area contributed by atoms with E-state index in [4.69, 9.17) is 23.2 Å². The third-order valence-electron chi connectivity index (χ3n) is 2.82. The Kier molecular flexibility index (Phi) is 7.83. The maximum absolute atomic E-state index is 13.0. The number of methoxy groups -OCH3 is 1. The van der Waals surface area contributed by atoms with E-state index in [-0.39, 0.29) is 0 Å². The van der Waals surface area contributed by atoms with E-state index in [9.17, 15) is 19.1 Å². The molecule has 0 bridgehead atoms. The Bertz CT molecular complexity index is 610. The van der Waals surface area contributed by atoms with Gasteiger partial charge in [-0.2, -0.15) is 0 Å². The number of halogens is 3. The maximum atomic E-state index is 13.0. The van der Waals surface area contributed by atoms with E-state index in [1.807, 2.05) is 0 Å². The lowest BCUT2D eigenvalue weighted by Gasteiger charge is -2.22. The van der Waals surface area contributed by atoms with Crippen LogP contribution >= 0.6 is 23.2 Å². The summed E-state index contributed by atoms with van der Waals surface area (Å²) in [4.78, 5) is 20.9. The van der Waals surface area contributed by atoms with Gasteiger partial charge in [0.1, 0.15) is 12.8 Å². The molecular weight excluding hydrogens is 348 g/mol. The molecule has 0 saturated carbocycles. The second-order valence-electron chi connectivity index (χ2n) is 4.38. The standard InChI is InChI=1S/C15H14Cl2FNO4/c1-23-12(20)7-4-9-2-5-10(6-3-9)13(21)11(8-18)19-15(22)14(16)17/h2-3,5-6,11,13-14,21H,8H2,1H3,(H,19,22)/t11-,13-/m1/s1. The van der Waals surface area contributed by atoms with Crippen LogP contribution < -0.4 is 5.32 Å². The van der Waals surface area contributed by atoms with Gasteiger partial charge in [0.05, 0.1) is 13.2 Å². The van der Waals surface area contributed by atoms with E-state index in [0.29, 0.717) is 11.1 Å². The highest BCUT2D eigenvalue weighted by Crippen LogP contribution is 2.18. The number of hydrogen-bond donors (Lipinski definition) is 2. The largest absolute Gasteiger partial charge is 0.459 e. The third-order valence-corrected chi connectivity index (χ3v) is 3.22. The molecule has 0 saturated heterocycles. The van der Waals surface area contributed by atoms with Gasteiger partial charge >= 0.3 is 5.97 Å². The minimum absolute atomic E-state index is 0.359. The fraction of sp³-hybridized carbons (Fsp3) is 0.333. The van der Waals surface area contributed by atoms with Crippen LogP contribution in [0.2, 0.25) is 0 Å². The molecule has 2 atom stereocenters. The average Bonchev–Trinajstić information content (AvgIpc) is 2.56. The second kappa shape index (κ2) is 9.36. The van der Waals surface area contributed by atoms with E-state index in [1.165, 1.54) is 31.4 Å². The van der Waals surface area contributed by atoms with Crippen molar-refractivity contribution in [2.45, 2.75) is 17.0 Å². The van der Waals surface area contributed by atoms with Gasteiger partial charge in [-0.25, -0.2) is 9.18 Å². The first kappa shape index (κ1) is 19.2. The molecule has 2 N–H and O–H groups in total. The van der Waals surface area contributed by atoms with Crippen molar-refractivity contribution in [2.24, 2.45) is 0 Å². The van der Waals surface area contributed by atoms with Gasteiger partial charge in [0, 0.05) is 11.5 Å². The van der Waals surface area contributed by atoms with Crippen LogP contribution in [0.15, 0.2) is 24.3 Å². The highest BCUT2D eigenvalue weighted by atomic mass is 35.5. The molecule has 1 amide bonds. The lowest BCUT2D eigenvalue weighted by atomic mass is 10.0. The molecular formula is C15H14Cl2FNO4. The highest BCUT2D eigenvalue weighted by Gasteiger charge is 2.25. The predicted molar refractivity (Wildman–Crippen MR) is 83.7 cm³/mol. The molecule has 1 aromatic rings. The molecule has 124 valence electrons. The number of carbonyl (C=O) groups is 2. The SMILES string of the molecule is COC(=O)C#Cc1ccc([C@@H](O)[C@@H](CF)NC(=O)C(Cl)Cl)cc1. The number of aliphatic hydroxyl groups excluding tert-OH is 1. The molecule has 8 heteroatoms. The minimum atomic E-state index is -1.35. The Hall–Kier alpha value is -1.81. The van der Waals surface area contributed by atoms with E-state index in [1.54, 1.807) is 0 Å². The molecule has 0 aliphatic heterocycles. The first-order chi connectivity index (χ1) is 10.9. The van der Waals surface area contributed by atoms with Gasteiger partial charge in [-0.1, -0.05) is 41.3 Å². The first-order valence-corrected chi connectivity index (χ1v) is 7.28. The summed E-state index contributed by atoms with van der Waals surface area (Å²) in [6.07, 6.45) is -1.29. The van der Waals surface area contributed by atoms with Crippen molar-refractivity contribution >= 4 is 35.1 Å². The summed E-state index contributed by atoms with van der Waals surface area (Å²) in [6.45, 7) is -1.00. The quantitative estimate of drug-likeness (QED) is 0.473. The minimum Gasteiger partial charge on any atom is -0.459 e. The fourth-order valence-corrected chi connectivity index (χ4v) is 1.74. The Labute approximate surface area is 142 Å². The van der Waals surface area contributed by atoms with E-state index in [0.717, 1.165) is 0 Å². The number of benzene rings is 1. The summed E-state index contributed by atoms with van der Waals surface area (Å²) in [5.41, 5.74) is 0.867. The maximum Gasteiger partial charge on any atom is 0.384 e. The summed E-state index contributed by atoms with van der Waals surface area (Å²) >= 11 is 10.7. The Morgan fingerprint density at radius 3 is 2.43 bits per heavy atom. The van der Waals surface area contributed by atoms with Crippen molar-refractivity contribution in [1.29, 1.82) is 0 Å². The number of nitrogens with one attached hydrogen (secondary N) is 1. The third kappa shape index (κ3) is 6.06. The van der Waals surface area contributed by atoms with Crippen LogP contribution in [-0.4, -0.2) is 41.6 Å². The molecule has 0 aliphatic rings. The molecule has 1 rings (SSSR count). The van der Waals surface area contributed by atoms with Gasteiger partial charge in [0.25, 0.3) is 5.91 Å². The number of esters is 1. The topological polar surface area (TPSA) is 75.6 Å². The monoisotopic (exact) mass is 361 g/mol. The van der Waals surface area contributed by atoms with E-state index < -0.39 is 35.5 Å². The first-order valence-electron chi connectivity index (χ1n) is 6.41. The van der Waals surface area contributed by atoms with Crippen LogP contribution in [0, 0.1) is 11.8 Å². The van der Waals surface area contributed by atoms with Crippen molar-refractivity contribution in [3.8, 4) is 11.8 Å². The Morgan fingerprint density at radius 1 is 1.35 bits per heavy atom. The van der Waals surface area contributed by atoms with Crippen molar-refractivity contribution < 1.29 is 23.8 Å². The van der Waals surface area contributed by atoms with Crippen LogP contribution in [0.1, 0.15) is 17.2 Å². The number of ether oxygens (including phenoxy) is 1. The molecule has 0 aliphatic carbocycles. The van der Waals surface area contributed by atoms with Gasteiger partial charge in [0.15, 0.2) is 4.84 Å². The molecule has 23 heavy (non-hydrogen) atoms. The second-order valence-corrected chi connectivity index (χ2v) is 5.47. The van der Waals surface area contributed by atoms with Gasteiger partial charge in [-0.3, -0.25) is 4.79 Å². The Morgan fingerprint density at radius 2 is 1.96 bits per heavy atom. The summed E-state index contributed by atoms with van der Waals surface area (Å²) in [5, 5.41) is 12.3. The number of rotatable bonds is 5. The van der Waals surface area contributed by atoms with Gasteiger partial charge in [0.2, 0.25) is 0 Å². The number of alkyl halides is 3. The fourth-order valence-electron chi connectivity index (χ4n) is 1.62. The van der Waals surface area contributed by atoms with Crippen LogP contribution in [0.3, 0.4) is 0 Å². The molecule has 0 unspecified atom stereocenters. The van der Waals surface area contributed by atoms with Crippen molar-refractivity contribution in [3.05, 3.63) is 35.4 Å². The van der Waals surface area contributed by atoms with Gasteiger partial charge in [-0.05, 0) is 17.7 Å². The van der Waals surface area contributed by atoms with Crippen LogP contribution in [0.5, 0.6) is 0 Å². The smallest absolute Gasteiger partial charge is 0.384 e. The summed E-state index contributed by atoms with van der Waals surface area (Å²) in [6, 6.07) is 4.89. The van der Waals surface area contributed by atoms with Crippen molar-refractivity contribution in [1.82, 2.24) is 5.32 Å². The highest BCUT2D eigenvalue weighted by molar-refractivity contribution is 6.53. The predicted octanol–water partition coefficient (Wildman–Crippen LogP) is 1.50. The van der Waals surface area contributed by atoms with Crippen LogP contribution in [-0.2, 0) is 14.3 Å². The molecule has 0 aromatic heterocycles. The number of hydrogen-bond acceptors (Lipinski definition) is 4. The van der Waals surface area contributed by atoms with E-state index >= 15 is 0 Å².